The maximum Gasteiger partial charge on any atom is 0.307 e. The Morgan fingerprint density at radius 1 is 1.08 bits per heavy atom. The number of amides is 2. The third kappa shape index (κ3) is 4.44. The van der Waals surface area contributed by atoms with Crippen LogP contribution in [0.5, 0.6) is 0 Å². The van der Waals surface area contributed by atoms with Crippen molar-refractivity contribution in [2.24, 2.45) is 11.8 Å². The van der Waals surface area contributed by atoms with Crippen LogP contribution < -0.4 is 5.32 Å². The van der Waals surface area contributed by atoms with Crippen LogP contribution in [0.4, 0.5) is 5.69 Å². The number of nitrogens with one attached hydrogen (secondary N) is 1. The number of rotatable bonds is 5. The summed E-state index contributed by atoms with van der Waals surface area (Å²) in [6, 6.07) is 7.02. The highest BCUT2D eigenvalue weighted by Crippen LogP contribution is 2.27. The van der Waals surface area contributed by atoms with Crippen LogP contribution in [0.3, 0.4) is 0 Å². The summed E-state index contributed by atoms with van der Waals surface area (Å²) in [7, 11) is 3.41. The number of benzene rings is 1. The standard InChI is InChI=1S/C18H22N2O4/c1-20(2)16(21)11-12-7-9-13(10-8-12)19-17(22)14-5-3-4-6-15(14)18(23)24/h3-4,7-10,14-15H,5-6,11H2,1-2H3,(H,19,22)(H,23,24)/t14-,15-/m1/s1. The first kappa shape index (κ1) is 17.7. The fourth-order valence-electron chi connectivity index (χ4n) is 2.65. The summed E-state index contributed by atoms with van der Waals surface area (Å²) < 4.78 is 0. The van der Waals surface area contributed by atoms with E-state index in [1.165, 1.54) is 4.90 Å². The molecule has 1 aliphatic carbocycles. The Balaban J connectivity index is 2.00. The van der Waals surface area contributed by atoms with E-state index in [2.05, 4.69) is 5.32 Å². The number of nitrogens with zero attached hydrogens (tertiary/aromatic N) is 1. The number of anilines is 1. The van der Waals surface area contributed by atoms with Crippen molar-refractivity contribution in [2.45, 2.75) is 19.3 Å². The van der Waals surface area contributed by atoms with Gasteiger partial charge in [0.25, 0.3) is 0 Å². The fraction of sp³-hybridized carbons (Fsp3) is 0.389. The monoisotopic (exact) mass is 330 g/mol. The molecule has 128 valence electrons. The molecule has 1 aromatic carbocycles. The van der Waals surface area contributed by atoms with E-state index in [1.54, 1.807) is 44.4 Å². The lowest BCUT2D eigenvalue weighted by Gasteiger charge is -2.24. The van der Waals surface area contributed by atoms with Crippen LogP contribution in [0.15, 0.2) is 36.4 Å². The van der Waals surface area contributed by atoms with Gasteiger partial charge in [0.2, 0.25) is 11.8 Å². The van der Waals surface area contributed by atoms with Gasteiger partial charge in [0.1, 0.15) is 0 Å². The van der Waals surface area contributed by atoms with E-state index in [4.69, 9.17) is 0 Å². The molecule has 0 saturated carbocycles. The molecule has 1 aromatic rings. The lowest BCUT2D eigenvalue weighted by Crippen LogP contribution is -2.34. The molecule has 6 heteroatoms. The average molecular weight is 330 g/mol. The van der Waals surface area contributed by atoms with Crippen molar-refractivity contribution in [1.29, 1.82) is 0 Å². The van der Waals surface area contributed by atoms with Gasteiger partial charge in [-0.2, -0.15) is 0 Å². The number of hydrogen-bond donors (Lipinski definition) is 2. The summed E-state index contributed by atoms with van der Waals surface area (Å²) >= 11 is 0. The molecule has 0 unspecified atom stereocenters. The molecule has 0 radical (unpaired) electrons. The van der Waals surface area contributed by atoms with Crippen LogP contribution in [-0.2, 0) is 20.8 Å². The summed E-state index contributed by atoms with van der Waals surface area (Å²) in [6.45, 7) is 0. The van der Waals surface area contributed by atoms with Gasteiger partial charge in [-0.3, -0.25) is 14.4 Å². The van der Waals surface area contributed by atoms with Crippen LogP contribution >= 0.6 is 0 Å². The SMILES string of the molecule is CN(C)C(=O)Cc1ccc(NC(=O)[C@@H]2CC=CC[C@H]2C(=O)O)cc1. The molecule has 0 saturated heterocycles. The van der Waals surface area contributed by atoms with Crippen LogP contribution in [0.2, 0.25) is 0 Å². The number of aliphatic carboxylic acids is 1. The maximum absolute atomic E-state index is 12.4. The first-order valence-corrected chi connectivity index (χ1v) is 7.86. The van der Waals surface area contributed by atoms with Crippen molar-refractivity contribution in [3.05, 3.63) is 42.0 Å². The predicted octanol–water partition coefficient (Wildman–Crippen LogP) is 1.92. The van der Waals surface area contributed by atoms with Gasteiger partial charge in [0.15, 0.2) is 0 Å². The lowest BCUT2D eigenvalue weighted by molar-refractivity contribution is -0.146. The summed E-state index contributed by atoms with van der Waals surface area (Å²) in [6.07, 6.45) is 4.76. The molecule has 1 aliphatic rings. The number of carboxylic acids is 1. The second kappa shape index (κ2) is 7.77. The zero-order valence-corrected chi connectivity index (χ0v) is 13.9. The molecule has 24 heavy (non-hydrogen) atoms. The number of likely N-dealkylation sites (N-methyl/N-ethyl adjacent to an activating group) is 1. The molecule has 0 heterocycles. The number of hydrogen-bond acceptors (Lipinski definition) is 3. The molecule has 6 nitrogen and oxygen atoms in total. The predicted molar refractivity (Wildman–Crippen MR) is 90.5 cm³/mol. The Morgan fingerprint density at radius 2 is 1.67 bits per heavy atom. The first-order chi connectivity index (χ1) is 11.4. The molecule has 2 amide bonds. The van der Waals surface area contributed by atoms with Gasteiger partial charge in [-0.25, -0.2) is 0 Å². The quantitative estimate of drug-likeness (QED) is 0.808. The van der Waals surface area contributed by atoms with E-state index < -0.39 is 17.8 Å². The Bertz CT molecular complexity index is 649. The second-order valence-corrected chi connectivity index (χ2v) is 6.15. The molecule has 2 rings (SSSR count). The number of allylic oxidation sites excluding steroid dienone is 2. The summed E-state index contributed by atoms with van der Waals surface area (Å²) in [4.78, 5) is 36.8. The average Bonchev–Trinajstić information content (AvgIpc) is 2.56. The van der Waals surface area contributed by atoms with Gasteiger partial charge in [-0.15, -0.1) is 0 Å². The van der Waals surface area contributed by atoms with Crippen molar-refractivity contribution >= 4 is 23.5 Å². The number of carboxylic acid groups (broad SMARTS) is 1. The number of carbonyl (C=O) groups is 3. The minimum absolute atomic E-state index is 0.00470. The highest BCUT2D eigenvalue weighted by Gasteiger charge is 2.33. The Labute approximate surface area is 141 Å². The molecule has 0 bridgehead atoms. The summed E-state index contributed by atoms with van der Waals surface area (Å²) in [5.41, 5.74) is 1.45. The van der Waals surface area contributed by atoms with Gasteiger partial charge < -0.3 is 15.3 Å². The maximum atomic E-state index is 12.4. The van der Waals surface area contributed by atoms with Crippen LogP contribution in [0.25, 0.3) is 0 Å². The van der Waals surface area contributed by atoms with Crippen molar-refractivity contribution < 1.29 is 19.5 Å². The lowest BCUT2D eigenvalue weighted by atomic mass is 9.82. The zero-order valence-electron chi connectivity index (χ0n) is 13.9. The van der Waals surface area contributed by atoms with Crippen LogP contribution in [-0.4, -0.2) is 41.9 Å². The Morgan fingerprint density at radius 3 is 2.21 bits per heavy atom. The third-order valence-electron chi connectivity index (χ3n) is 4.16. The molecule has 0 aliphatic heterocycles. The minimum Gasteiger partial charge on any atom is -0.481 e. The molecule has 2 N–H and O–H groups in total. The van der Waals surface area contributed by atoms with Crippen LogP contribution in [0, 0.1) is 11.8 Å². The molecule has 0 spiro atoms. The van der Waals surface area contributed by atoms with Gasteiger partial charge >= 0.3 is 5.97 Å². The minimum atomic E-state index is -0.947. The molecule has 0 aromatic heterocycles. The molecular weight excluding hydrogens is 308 g/mol. The van der Waals surface area contributed by atoms with E-state index in [1.807, 2.05) is 6.08 Å². The van der Waals surface area contributed by atoms with Crippen molar-refractivity contribution in [3.63, 3.8) is 0 Å². The third-order valence-corrected chi connectivity index (χ3v) is 4.16. The second-order valence-electron chi connectivity index (χ2n) is 6.15. The molecule has 0 fully saturated rings. The van der Waals surface area contributed by atoms with E-state index in [9.17, 15) is 19.5 Å². The largest absolute Gasteiger partial charge is 0.481 e. The normalized spacial score (nSPS) is 19.6. The van der Waals surface area contributed by atoms with Gasteiger partial charge in [0, 0.05) is 19.8 Å². The topological polar surface area (TPSA) is 86.7 Å². The Hall–Kier alpha value is -2.63. The van der Waals surface area contributed by atoms with Gasteiger partial charge in [-0.1, -0.05) is 24.3 Å². The van der Waals surface area contributed by atoms with Crippen molar-refractivity contribution in [1.82, 2.24) is 4.90 Å². The van der Waals surface area contributed by atoms with Crippen LogP contribution in [0.1, 0.15) is 18.4 Å². The van der Waals surface area contributed by atoms with E-state index in [-0.39, 0.29) is 11.8 Å². The summed E-state index contributed by atoms with van der Waals surface area (Å²) in [5, 5.41) is 12.0. The smallest absolute Gasteiger partial charge is 0.307 e. The van der Waals surface area contributed by atoms with E-state index in [0.29, 0.717) is 24.9 Å². The molecular formula is C18H22N2O4. The van der Waals surface area contributed by atoms with Crippen molar-refractivity contribution in [3.8, 4) is 0 Å². The van der Waals surface area contributed by atoms with E-state index in [0.717, 1.165) is 5.56 Å². The first-order valence-electron chi connectivity index (χ1n) is 7.86. The van der Waals surface area contributed by atoms with E-state index >= 15 is 0 Å². The van der Waals surface area contributed by atoms with Crippen molar-refractivity contribution in [2.75, 3.05) is 19.4 Å². The number of carbonyl (C=O) groups excluding carboxylic acids is 2. The van der Waals surface area contributed by atoms with Gasteiger partial charge in [-0.05, 0) is 30.5 Å². The molecule has 2 atom stereocenters. The van der Waals surface area contributed by atoms with Gasteiger partial charge in [0.05, 0.1) is 18.3 Å². The zero-order chi connectivity index (χ0) is 17.7. The highest BCUT2D eigenvalue weighted by atomic mass is 16.4. The summed E-state index contributed by atoms with van der Waals surface area (Å²) in [5.74, 6) is -2.49. The highest BCUT2D eigenvalue weighted by molar-refractivity contribution is 5.95. The Kier molecular flexibility index (Phi) is 5.73. The fourth-order valence-corrected chi connectivity index (χ4v) is 2.65.